The summed E-state index contributed by atoms with van der Waals surface area (Å²) in [4.78, 5) is 0. The zero-order valence-corrected chi connectivity index (χ0v) is 34.0. The second-order valence-corrected chi connectivity index (χ2v) is 16.5. The molecule has 2 unspecified atom stereocenters. The van der Waals surface area contributed by atoms with E-state index in [4.69, 9.17) is 4.74 Å². The number of rotatable bonds is 6. The summed E-state index contributed by atoms with van der Waals surface area (Å²) in [5.74, 6) is 1.83. The molecule has 0 saturated carbocycles. The molecule has 3 aliphatic rings. The number of nitrogens with one attached hydrogen (secondary N) is 2. The lowest BCUT2D eigenvalue weighted by molar-refractivity contribution is 0.436. The van der Waals surface area contributed by atoms with Crippen LogP contribution in [0.1, 0.15) is 51.2 Å². The van der Waals surface area contributed by atoms with Crippen LogP contribution in [-0.4, -0.2) is 0 Å². The molecule has 0 amide bonds. The molecule has 0 fully saturated rings. The Morgan fingerprint density at radius 1 is 0.355 bits per heavy atom. The van der Waals surface area contributed by atoms with Gasteiger partial charge in [0.15, 0.2) is 0 Å². The maximum absolute atomic E-state index is 6.52. The summed E-state index contributed by atoms with van der Waals surface area (Å²) in [6, 6.07) is 81.2. The van der Waals surface area contributed by atoms with Crippen LogP contribution in [0, 0.1) is 0 Å². The third kappa shape index (κ3) is 5.93. The summed E-state index contributed by atoms with van der Waals surface area (Å²) in [5, 5.41) is 7.65. The molecular formula is C59H42N2O. The molecule has 9 aromatic rings. The summed E-state index contributed by atoms with van der Waals surface area (Å²) < 4.78 is 6.52. The molecule has 3 nitrogen and oxygen atoms in total. The van der Waals surface area contributed by atoms with E-state index in [1.54, 1.807) is 0 Å². The van der Waals surface area contributed by atoms with E-state index in [0.29, 0.717) is 0 Å². The van der Waals surface area contributed by atoms with E-state index in [-0.39, 0.29) is 12.2 Å². The molecule has 0 aromatic heterocycles. The average Bonchev–Trinajstić information content (AvgIpc) is 3.64. The van der Waals surface area contributed by atoms with Gasteiger partial charge in [0.1, 0.15) is 17.7 Å². The van der Waals surface area contributed by atoms with Crippen LogP contribution in [0.3, 0.4) is 0 Å². The second-order valence-electron chi connectivity index (χ2n) is 16.5. The van der Waals surface area contributed by atoms with E-state index in [2.05, 4.69) is 241 Å². The first-order chi connectivity index (χ1) is 30.7. The largest absolute Gasteiger partial charge is 0.457 e. The second kappa shape index (κ2) is 14.8. The first kappa shape index (κ1) is 36.2. The Morgan fingerprint density at radius 3 is 1.47 bits per heavy atom. The molecule has 2 atom stereocenters. The molecule has 0 bridgehead atoms. The van der Waals surface area contributed by atoms with Crippen molar-refractivity contribution in [2.24, 2.45) is 0 Å². The molecule has 12 rings (SSSR count). The van der Waals surface area contributed by atoms with Crippen LogP contribution in [0.5, 0.6) is 11.5 Å². The van der Waals surface area contributed by atoms with Crippen LogP contribution < -0.4 is 15.4 Å². The normalized spacial score (nSPS) is 16.5. The number of ether oxygens (including phenoxy) is 1. The van der Waals surface area contributed by atoms with Gasteiger partial charge in [-0.1, -0.05) is 206 Å². The molecule has 2 N–H and O–H groups in total. The van der Waals surface area contributed by atoms with E-state index in [1.807, 2.05) is 0 Å². The monoisotopic (exact) mass is 794 g/mol. The number of fused-ring (bicyclic) bond motifs is 9. The molecule has 1 spiro atoms. The summed E-state index contributed by atoms with van der Waals surface area (Å²) in [6.45, 7) is 0. The van der Waals surface area contributed by atoms with Gasteiger partial charge < -0.3 is 10.1 Å². The van der Waals surface area contributed by atoms with Gasteiger partial charge in [0.25, 0.3) is 0 Å². The molecular weight excluding hydrogens is 753 g/mol. The van der Waals surface area contributed by atoms with Gasteiger partial charge in [-0.15, -0.1) is 0 Å². The van der Waals surface area contributed by atoms with Crippen LogP contribution in [0.15, 0.2) is 231 Å². The molecule has 9 aromatic carbocycles. The molecule has 0 saturated heterocycles. The van der Waals surface area contributed by atoms with Crippen molar-refractivity contribution in [3.05, 3.63) is 269 Å². The Morgan fingerprint density at radius 2 is 0.823 bits per heavy atom. The predicted molar refractivity (Wildman–Crippen MR) is 253 cm³/mol. The summed E-state index contributed by atoms with van der Waals surface area (Å²) in [7, 11) is 0. The summed E-state index contributed by atoms with van der Waals surface area (Å²) in [5.41, 5.74) is 19.0. The molecule has 2 aliphatic heterocycles. The van der Waals surface area contributed by atoms with Crippen LogP contribution in [0.4, 0.5) is 0 Å². The summed E-state index contributed by atoms with van der Waals surface area (Å²) >= 11 is 0. The number of hydrogen-bond donors (Lipinski definition) is 2. The Labute approximate surface area is 362 Å². The Kier molecular flexibility index (Phi) is 8.62. The van der Waals surface area contributed by atoms with Crippen molar-refractivity contribution in [3.63, 3.8) is 0 Å². The van der Waals surface area contributed by atoms with Crippen molar-refractivity contribution in [3.8, 4) is 56.0 Å². The first-order valence-corrected chi connectivity index (χ1v) is 21.5. The topological polar surface area (TPSA) is 33.3 Å². The van der Waals surface area contributed by atoms with Gasteiger partial charge in [0, 0.05) is 16.8 Å². The Hall–Kier alpha value is -7.72. The van der Waals surface area contributed by atoms with Crippen LogP contribution in [-0.2, 0) is 5.41 Å². The van der Waals surface area contributed by atoms with Crippen molar-refractivity contribution >= 4 is 5.70 Å². The third-order valence-corrected chi connectivity index (χ3v) is 13.1. The fourth-order valence-corrected chi connectivity index (χ4v) is 10.1. The van der Waals surface area contributed by atoms with Crippen molar-refractivity contribution in [1.29, 1.82) is 0 Å². The van der Waals surface area contributed by atoms with Crippen molar-refractivity contribution in [2.45, 2.75) is 17.6 Å². The van der Waals surface area contributed by atoms with Crippen molar-refractivity contribution < 1.29 is 4.74 Å². The zero-order chi connectivity index (χ0) is 41.0. The predicted octanol–water partition coefficient (Wildman–Crippen LogP) is 14.1. The van der Waals surface area contributed by atoms with Gasteiger partial charge >= 0.3 is 0 Å². The minimum atomic E-state index is -0.455. The van der Waals surface area contributed by atoms with Crippen LogP contribution in [0.2, 0.25) is 0 Å². The fraction of sp³-hybridized carbons (Fsp3) is 0.0508. The number of hydrogen-bond acceptors (Lipinski definition) is 3. The van der Waals surface area contributed by atoms with Gasteiger partial charge in [-0.3, -0.25) is 5.32 Å². The highest BCUT2D eigenvalue weighted by atomic mass is 16.5. The molecule has 2 heterocycles. The van der Waals surface area contributed by atoms with Gasteiger partial charge in [0.05, 0.1) is 11.5 Å². The highest BCUT2D eigenvalue weighted by Crippen LogP contribution is 2.62. The standard InChI is InChI=1S/C59H42N2O/c1-3-13-39(14-4-1)40-27-31-44(32-28-40)54-38-55(61-58(60-54)46-15-5-2-6-16-46)45-33-29-42(30-34-45)41-23-25-43(26-24-41)47-35-36-51-49(37-47)48-17-7-8-18-50(48)59(51)52-19-9-11-21-56(52)62-57-22-12-10-20-53(57)59/h1-38,54,58,60-61H. The van der Waals surface area contributed by atoms with E-state index >= 15 is 0 Å². The van der Waals surface area contributed by atoms with E-state index in [9.17, 15) is 0 Å². The van der Waals surface area contributed by atoms with Crippen LogP contribution >= 0.6 is 0 Å². The molecule has 1 aliphatic carbocycles. The summed E-state index contributed by atoms with van der Waals surface area (Å²) in [6.07, 6.45) is 2.28. The lowest BCUT2D eigenvalue weighted by Crippen LogP contribution is -2.39. The molecule has 3 heteroatoms. The molecule has 294 valence electrons. The minimum absolute atomic E-state index is 0.0371. The first-order valence-electron chi connectivity index (χ1n) is 21.5. The van der Waals surface area contributed by atoms with Gasteiger partial charge in [-0.2, -0.15) is 0 Å². The number of para-hydroxylation sites is 2. The lowest BCUT2D eigenvalue weighted by Gasteiger charge is -2.39. The van der Waals surface area contributed by atoms with E-state index < -0.39 is 5.41 Å². The SMILES string of the molecule is C1=C(c2ccc(-c3ccc(-c4ccc5c(c4)-c4ccccc4C54c5ccccc5Oc5ccccc54)cc3)cc2)NC(c2ccccc2)NC1c1ccc(-c2ccccc2)cc1. The van der Waals surface area contributed by atoms with Crippen LogP contribution in [0.25, 0.3) is 50.2 Å². The Bertz CT molecular complexity index is 3090. The minimum Gasteiger partial charge on any atom is -0.457 e. The van der Waals surface area contributed by atoms with Crippen molar-refractivity contribution in [1.82, 2.24) is 10.6 Å². The van der Waals surface area contributed by atoms with Gasteiger partial charge in [-0.25, -0.2) is 0 Å². The van der Waals surface area contributed by atoms with E-state index in [0.717, 1.165) is 22.8 Å². The quantitative estimate of drug-likeness (QED) is 0.176. The highest BCUT2D eigenvalue weighted by molar-refractivity contribution is 5.91. The van der Waals surface area contributed by atoms with E-state index in [1.165, 1.54) is 77.9 Å². The maximum Gasteiger partial charge on any atom is 0.132 e. The Balaban J connectivity index is 0.846. The smallest absolute Gasteiger partial charge is 0.132 e. The molecule has 0 radical (unpaired) electrons. The lowest BCUT2D eigenvalue weighted by atomic mass is 9.66. The highest BCUT2D eigenvalue weighted by Gasteiger charge is 2.50. The third-order valence-electron chi connectivity index (χ3n) is 13.1. The van der Waals surface area contributed by atoms with Gasteiger partial charge in [-0.05, 0) is 96.6 Å². The van der Waals surface area contributed by atoms with Crippen molar-refractivity contribution in [2.75, 3.05) is 0 Å². The fourth-order valence-electron chi connectivity index (χ4n) is 10.1. The zero-order valence-electron chi connectivity index (χ0n) is 34.0. The van der Waals surface area contributed by atoms with Gasteiger partial charge in [0.2, 0.25) is 0 Å². The average molecular weight is 795 g/mol. The maximum atomic E-state index is 6.52. The molecule has 62 heavy (non-hydrogen) atoms. The number of benzene rings is 9.